The van der Waals surface area contributed by atoms with Gasteiger partial charge in [0.25, 0.3) is 0 Å². The lowest BCUT2D eigenvalue weighted by molar-refractivity contribution is -0.0562. The molecule has 3 aliphatic heterocycles. The Morgan fingerprint density at radius 2 is 2.20 bits per heavy atom. The van der Waals surface area contributed by atoms with Gasteiger partial charge in [0.15, 0.2) is 0 Å². The Bertz CT molecular complexity index is 776. The second-order valence-electron chi connectivity index (χ2n) is 7.70. The maximum Gasteiger partial charge on any atom is 0.119 e. The van der Waals surface area contributed by atoms with Crippen LogP contribution < -0.4 is 4.74 Å². The highest BCUT2D eigenvalue weighted by molar-refractivity contribution is 5.84. The summed E-state index contributed by atoms with van der Waals surface area (Å²) >= 11 is 0. The van der Waals surface area contributed by atoms with Crippen molar-refractivity contribution < 1.29 is 9.84 Å². The highest BCUT2D eigenvalue weighted by atomic mass is 16.5. The zero-order valence-electron chi connectivity index (χ0n) is 15.4. The summed E-state index contributed by atoms with van der Waals surface area (Å²) in [7, 11) is 1.68. The Morgan fingerprint density at radius 3 is 2.88 bits per heavy atom. The third-order valence-corrected chi connectivity index (χ3v) is 6.32. The van der Waals surface area contributed by atoms with E-state index in [1.165, 1.54) is 12.8 Å². The van der Waals surface area contributed by atoms with Gasteiger partial charge in [-0.1, -0.05) is 13.3 Å². The van der Waals surface area contributed by atoms with Gasteiger partial charge in [0, 0.05) is 23.7 Å². The molecule has 0 aliphatic carbocycles. The topological polar surface area (TPSA) is 45.6 Å². The van der Waals surface area contributed by atoms with Crippen molar-refractivity contribution in [2.45, 2.75) is 45.3 Å². The molecule has 0 saturated carbocycles. The van der Waals surface area contributed by atoms with Crippen LogP contribution in [0.15, 0.2) is 24.3 Å². The van der Waals surface area contributed by atoms with E-state index in [2.05, 4.69) is 16.8 Å². The van der Waals surface area contributed by atoms with Gasteiger partial charge in [0.2, 0.25) is 0 Å². The van der Waals surface area contributed by atoms with Crippen LogP contribution in [-0.2, 0) is 0 Å². The summed E-state index contributed by atoms with van der Waals surface area (Å²) in [6, 6.07) is 8.19. The normalized spacial score (nSPS) is 29.8. The van der Waals surface area contributed by atoms with Crippen molar-refractivity contribution in [2.75, 3.05) is 20.2 Å². The average molecular weight is 340 g/mol. The molecule has 4 heterocycles. The molecule has 1 unspecified atom stereocenters. The largest absolute Gasteiger partial charge is 0.497 e. The molecule has 3 aliphatic rings. The number of hydrogen-bond donors (Lipinski definition) is 1. The van der Waals surface area contributed by atoms with Gasteiger partial charge in [-0.25, -0.2) is 0 Å². The van der Waals surface area contributed by atoms with Crippen molar-refractivity contribution in [2.24, 2.45) is 11.8 Å². The molecule has 0 radical (unpaired) electrons. The van der Waals surface area contributed by atoms with Gasteiger partial charge in [-0.3, -0.25) is 9.88 Å². The Hall–Kier alpha value is -1.65. The Balaban J connectivity index is 1.71. The highest BCUT2D eigenvalue weighted by Gasteiger charge is 2.42. The van der Waals surface area contributed by atoms with E-state index in [0.717, 1.165) is 59.3 Å². The molecule has 4 nitrogen and oxygen atoms in total. The number of aliphatic hydroxyl groups excluding tert-OH is 1. The Morgan fingerprint density at radius 1 is 1.36 bits per heavy atom. The molecule has 3 fully saturated rings. The van der Waals surface area contributed by atoms with Crippen LogP contribution in [0.1, 0.15) is 43.5 Å². The maximum atomic E-state index is 11.3. The monoisotopic (exact) mass is 340 g/mol. The summed E-state index contributed by atoms with van der Waals surface area (Å²) in [5.74, 6) is 2.37. The molecule has 134 valence electrons. The van der Waals surface area contributed by atoms with E-state index in [-0.39, 0.29) is 6.04 Å². The molecule has 2 aromatic rings. The third kappa shape index (κ3) is 2.91. The SMILES string of the molecule is CC[C@H]1CN2CC[C@H]1C[C@H]2[C@H](O)c1cc(C)nc2ccc(OC)cc12. The summed E-state index contributed by atoms with van der Waals surface area (Å²) in [5, 5.41) is 12.3. The van der Waals surface area contributed by atoms with Crippen LogP contribution in [0.25, 0.3) is 10.9 Å². The summed E-state index contributed by atoms with van der Waals surface area (Å²) < 4.78 is 5.39. The number of nitrogens with zero attached hydrogens (tertiary/aromatic N) is 2. The number of methoxy groups -OCH3 is 1. The minimum absolute atomic E-state index is 0.220. The van der Waals surface area contributed by atoms with E-state index in [0.29, 0.717) is 0 Å². The number of hydrogen-bond acceptors (Lipinski definition) is 4. The molecule has 1 N–H and O–H groups in total. The third-order valence-electron chi connectivity index (χ3n) is 6.32. The fourth-order valence-electron chi connectivity index (χ4n) is 4.92. The first kappa shape index (κ1) is 16.8. The van der Waals surface area contributed by atoms with Gasteiger partial charge in [-0.2, -0.15) is 0 Å². The molecule has 0 spiro atoms. The Kier molecular flexibility index (Phi) is 4.42. The zero-order valence-corrected chi connectivity index (χ0v) is 15.4. The van der Waals surface area contributed by atoms with Crippen molar-refractivity contribution in [3.05, 3.63) is 35.5 Å². The number of benzene rings is 1. The number of aromatic nitrogens is 1. The molecule has 5 atom stereocenters. The standard InChI is InChI=1S/C21H28N2O2/c1-4-14-12-23-8-7-15(14)10-20(23)21(24)18-9-13(2)22-19-6-5-16(25-3)11-17(18)19/h5-6,9,11,14-15,20-21,24H,4,7-8,10,12H2,1-3H3/t14-,15-,20-,21+/m0/s1. The summed E-state index contributed by atoms with van der Waals surface area (Å²) in [6.07, 6.45) is 3.16. The van der Waals surface area contributed by atoms with Crippen LogP contribution in [-0.4, -0.2) is 41.2 Å². The smallest absolute Gasteiger partial charge is 0.119 e. The molecule has 3 saturated heterocycles. The number of aliphatic hydroxyl groups is 1. The van der Waals surface area contributed by atoms with E-state index >= 15 is 0 Å². The number of ether oxygens (including phenoxy) is 1. The number of piperidine rings is 3. The van der Waals surface area contributed by atoms with Gasteiger partial charge in [-0.05, 0) is 68.0 Å². The summed E-state index contributed by atoms with van der Waals surface area (Å²) in [5.41, 5.74) is 2.87. The number of fused-ring (bicyclic) bond motifs is 4. The van der Waals surface area contributed by atoms with Gasteiger partial charge in [-0.15, -0.1) is 0 Å². The minimum Gasteiger partial charge on any atom is -0.497 e. The van der Waals surface area contributed by atoms with Crippen LogP contribution >= 0.6 is 0 Å². The number of aryl methyl sites for hydroxylation is 1. The lowest BCUT2D eigenvalue weighted by Gasteiger charge is -2.51. The van der Waals surface area contributed by atoms with E-state index in [4.69, 9.17) is 4.74 Å². The molecule has 1 aromatic carbocycles. The van der Waals surface area contributed by atoms with Crippen molar-refractivity contribution in [1.82, 2.24) is 9.88 Å². The second-order valence-corrected chi connectivity index (χ2v) is 7.70. The van der Waals surface area contributed by atoms with Gasteiger partial charge in [0.05, 0.1) is 18.7 Å². The van der Waals surface area contributed by atoms with Crippen LogP contribution in [0.2, 0.25) is 0 Å². The first-order valence-corrected chi connectivity index (χ1v) is 9.48. The molecule has 4 heteroatoms. The van der Waals surface area contributed by atoms with Crippen molar-refractivity contribution in [1.29, 1.82) is 0 Å². The molecule has 1 aromatic heterocycles. The van der Waals surface area contributed by atoms with Crippen molar-refractivity contribution >= 4 is 10.9 Å². The van der Waals surface area contributed by atoms with Crippen LogP contribution in [0.4, 0.5) is 0 Å². The fourth-order valence-corrected chi connectivity index (χ4v) is 4.92. The first-order chi connectivity index (χ1) is 12.1. The second kappa shape index (κ2) is 6.58. The number of rotatable bonds is 4. The van der Waals surface area contributed by atoms with E-state index < -0.39 is 6.10 Å². The van der Waals surface area contributed by atoms with E-state index in [9.17, 15) is 5.11 Å². The average Bonchev–Trinajstić information content (AvgIpc) is 2.66. The quantitative estimate of drug-likeness (QED) is 0.922. The first-order valence-electron chi connectivity index (χ1n) is 9.48. The molecule has 0 amide bonds. The predicted molar refractivity (Wildman–Crippen MR) is 99.9 cm³/mol. The fraction of sp³-hybridized carbons (Fsp3) is 0.571. The summed E-state index contributed by atoms with van der Waals surface area (Å²) in [4.78, 5) is 7.15. The van der Waals surface area contributed by atoms with Crippen LogP contribution in [0, 0.1) is 18.8 Å². The van der Waals surface area contributed by atoms with Crippen molar-refractivity contribution in [3.8, 4) is 5.75 Å². The van der Waals surface area contributed by atoms with Crippen molar-refractivity contribution in [3.63, 3.8) is 0 Å². The maximum absolute atomic E-state index is 11.3. The molecular formula is C21H28N2O2. The van der Waals surface area contributed by atoms with Gasteiger partial charge >= 0.3 is 0 Å². The van der Waals surface area contributed by atoms with Gasteiger partial charge < -0.3 is 9.84 Å². The molecular weight excluding hydrogens is 312 g/mol. The molecule has 2 bridgehead atoms. The molecule has 25 heavy (non-hydrogen) atoms. The minimum atomic E-state index is -0.475. The van der Waals surface area contributed by atoms with Crippen LogP contribution in [0.3, 0.4) is 0 Å². The molecule has 5 rings (SSSR count). The van der Waals surface area contributed by atoms with Gasteiger partial charge in [0.1, 0.15) is 5.75 Å². The lowest BCUT2D eigenvalue weighted by atomic mass is 9.72. The van der Waals surface area contributed by atoms with E-state index in [1.54, 1.807) is 7.11 Å². The zero-order chi connectivity index (χ0) is 17.6. The summed E-state index contributed by atoms with van der Waals surface area (Å²) in [6.45, 7) is 6.55. The predicted octanol–water partition coefficient (Wildman–Crippen LogP) is 3.71. The van der Waals surface area contributed by atoms with E-state index in [1.807, 2.05) is 31.2 Å². The number of pyridine rings is 1. The van der Waals surface area contributed by atoms with Crippen LogP contribution in [0.5, 0.6) is 5.75 Å². The Labute approximate surface area is 149 Å². The lowest BCUT2D eigenvalue weighted by Crippen LogP contribution is -2.55. The highest BCUT2D eigenvalue weighted by Crippen LogP contribution is 2.43.